The normalized spacial score (nSPS) is 27.0. The zero-order valence-electron chi connectivity index (χ0n) is 10.4. The van der Waals surface area contributed by atoms with Crippen LogP contribution in [-0.4, -0.2) is 36.9 Å². The van der Waals surface area contributed by atoms with Crippen LogP contribution in [0.25, 0.3) is 0 Å². The standard InChI is InChI=1S/C11H23N3O2/c1-11(2,3)16-10(15)14-9-5-7-13-6-4-8(9)12/h8-9,13H,4-7,12H2,1-3H3,(H,14,15)/t8-,9+/m0/s1. The molecule has 1 fully saturated rings. The van der Waals surface area contributed by atoms with Gasteiger partial charge in [-0.1, -0.05) is 0 Å². The lowest BCUT2D eigenvalue weighted by Crippen LogP contribution is -2.48. The third-order valence-electron chi connectivity index (χ3n) is 2.51. The van der Waals surface area contributed by atoms with Crippen LogP contribution in [0.2, 0.25) is 0 Å². The van der Waals surface area contributed by atoms with Crippen molar-refractivity contribution in [2.45, 2.75) is 51.3 Å². The van der Waals surface area contributed by atoms with E-state index in [4.69, 9.17) is 10.5 Å². The third-order valence-corrected chi connectivity index (χ3v) is 2.51. The predicted molar refractivity (Wildman–Crippen MR) is 63.2 cm³/mol. The first-order chi connectivity index (χ1) is 7.38. The van der Waals surface area contributed by atoms with Crippen LogP contribution in [-0.2, 0) is 4.74 Å². The van der Waals surface area contributed by atoms with E-state index < -0.39 is 5.60 Å². The van der Waals surface area contributed by atoms with Crippen molar-refractivity contribution in [1.29, 1.82) is 0 Å². The molecule has 0 aromatic carbocycles. The first kappa shape index (κ1) is 13.3. The van der Waals surface area contributed by atoms with Gasteiger partial charge in [0.2, 0.25) is 0 Å². The van der Waals surface area contributed by atoms with Crippen molar-refractivity contribution in [3.63, 3.8) is 0 Å². The van der Waals surface area contributed by atoms with Crippen LogP contribution in [0.4, 0.5) is 4.79 Å². The fourth-order valence-electron chi connectivity index (χ4n) is 1.70. The fourth-order valence-corrected chi connectivity index (χ4v) is 1.70. The van der Waals surface area contributed by atoms with Crippen LogP contribution in [0, 0.1) is 0 Å². The van der Waals surface area contributed by atoms with Gasteiger partial charge in [-0.3, -0.25) is 0 Å². The van der Waals surface area contributed by atoms with Crippen molar-refractivity contribution in [3.05, 3.63) is 0 Å². The van der Waals surface area contributed by atoms with Gasteiger partial charge >= 0.3 is 6.09 Å². The number of nitrogens with two attached hydrogens (primary N) is 1. The number of nitrogens with one attached hydrogen (secondary N) is 2. The lowest BCUT2D eigenvalue weighted by molar-refractivity contribution is 0.0495. The Hall–Kier alpha value is -0.810. The summed E-state index contributed by atoms with van der Waals surface area (Å²) in [4.78, 5) is 11.6. The van der Waals surface area contributed by atoms with Crippen LogP contribution in [0.1, 0.15) is 33.6 Å². The van der Waals surface area contributed by atoms with Crippen molar-refractivity contribution < 1.29 is 9.53 Å². The first-order valence-corrected chi connectivity index (χ1v) is 5.84. The first-order valence-electron chi connectivity index (χ1n) is 5.84. The average Bonchev–Trinajstić information content (AvgIpc) is 2.29. The molecule has 5 heteroatoms. The number of rotatable bonds is 1. The maximum atomic E-state index is 11.6. The van der Waals surface area contributed by atoms with Gasteiger partial charge in [-0.25, -0.2) is 4.79 Å². The minimum absolute atomic E-state index is 0.00233. The van der Waals surface area contributed by atoms with E-state index in [2.05, 4.69) is 10.6 Å². The summed E-state index contributed by atoms with van der Waals surface area (Å²) in [5, 5.41) is 6.10. The molecule has 0 spiro atoms. The number of amides is 1. The summed E-state index contributed by atoms with van der Waals surface area (Å²) in [7, 11) is 0. The Bertz CT molecular complexity index is 238. The minimum Gasteiger partial charge on any atom is -0.444 e. The van der Waals surface area contributed by atoms with Crippen molar-refractivity contribution in [1.82, 2.24) is 10.6 Å². The summed E-state index contributed by atoms with van der Waals surface area (Å²) in [6.45, 7) is 7.34. The Balaban J connectivity index is 2.42. The molecule has 0 aromatic rings. The summed E-state index contributed by atoms with van der Waals surface area (Å²) >= 11 is 0. The van der Waals surface area contributed by atoms with E-state index in [0.29, 0.717) is 0 Å². The summed E-state index contributed by atoms with van der Waals surface area (Å²) in [5.74, 6) is 0. The van der Waals surface area contributed by atoms with Crippen molar-refractivity contribution >= 4 is 6.09 Å². The van der Waals surface area contributed by atoms with Crippen molar-refractivity contribution in [2.24, 2.45) is 5.73 Å². The second kappa shape index (κ2) is 5.50. The summed E-state index contributed by atoms with van der Waals surface area (Å²) in [6, 6.07) is 0.00682. The third kappa shape index (κ3) is 4.81. The molecule has 0 bridgehead atoms. The smallest absolute Gasteiger partial charge is 0.407 e. The van der Waals surface area contributed by atoms with Gasteiger partial charge in [-0.05, 0) is 46.7 Å². The molecule has 0 radical (unpaired) electrons. The molecule has 1 aliphatic rings. The molecule has 0 saturated carbocycles. The Labute approximate surface area is 97.1 Å². The number of hydrogen-bond donors (Lipinski definition) is 3. The molecular weight excluding hydrogens is 206 g/mol. The predicted octanol–water partition coefficient (Wildman–Crippen LogP) is 0.590. The van der Waals surface area contributed by atoms with Crippen molar-refractivity contribution in [2.75, 3.05) is 13.1 Å². The summed E-state index contributed by atoms with van der Waals surface area (Å²) in [5.41, 5.74) is 5.52. The second-order valence-electron chi connectivity index (χ2n) is 5.24. The molecule has 94 valence electrons. The highest BCUT2D eigenvalue weighted by molar-refractivity contribution is 5.68. The lowest BCUT2D eigenvalue weighted by Gasteiger charge is -2.25. The van der Waals surface area contributed by atoms with Gasteiger partial charge in [0.15, 0.2) is 0 Å². The number of carbonyl (C=O) groups is 1. The Morgan fingerprint density at radius 2 is 2.00 bits per heavy atom. The molecule has 1 heterocycles. The van der Waals surface area contributed by atoms with Crippen LogP contribution >= 0.6 is 0 Å². The van der Waals surface area contributed by atoms with Crippen LogP contribution in [0.5, 0.6) is 0 Å². The second-order valence-corrected chi connectivity index (χ2v) is 5.24. The SMILES string of the molecule is CC(C)(C)OC(=O)N[C@@H]1CCNCC[C@@H]1N. The van der Waals surface area contributed by atoms with E-state index in [9.17, 15) is 4.79 Å². The van der Waals surface area contributed by atoms with E-state index in [1.165, 1.54) is 0 Å². The van der Waals surface area contributed by atoms with Crippen LogP contribution in [0.3, 0.4) is 0 Å². The van der Waals surface area contributed by atoms with E-state index in [-0.39, 0.29) is 18.2 Å². The van der Waals surface area contributed by atoms with Gasteiger partial charge in [0.05, 0.1) is 0 Å². The minimum atomic E-state index is -0.461. The lowest BCUT2D eigenvalue weighted by atomic mass is 10.0. The molecule has 1 aliphatic heterocycles. The monoisotopic (exact) mass is 229 g/mol. The van der Waals surface area contributed by atoms with Gasteiger partial charge in [-0.15, -0.1) is 0 Å². The highest BCUT2D eigenvalue weighted by Crippen LogP contribution is 2.09. The van der Waals surface area contributed by atoms with E-state index in [1.807, 2.05) is 20.8 Å². The molecular formula is C11H23N3O2. The average molecular weight is 229 g/mol. The van der Waals surface area contributed by atoms with E-state index >= 15 is 0 Å². The van der Waals surface area contributed by atoms with Crippen molar-refractivity contribution in [3.8, 4) is 0 Å². The highest BCUT2D eigenvalue weighted by Gasteiger charge is 2.24. The number of carbonyl (C=O) groups excluding carboxylic acids is 1. The topological polar surface area (TPSA) is 76.4 Å². The number of ether oxygens (including phenoxy) is 1. The largest absolute Gasteiger partial charge is 0.444 e. The maximum Gasteiger partial charge on any atom is 0.407 e. The molecule has 2 atom stereocenters. The Morgan fingerprint density at radius 1 is 1.38 bits per heavy atom. The van der Waals surface area contributed by atoms with Gasteiger partial charge in [-0.2, -0.15) is 0 Å². The molecule has 1 rings (SSSR count). The highest BCUT2D eigenvalue weighted by atomic mass is 16.6. The van der Waals surface area contributed by atoms with Gasteiger partial charge in [0.25, 0.3) is 0 Å². The molecule has 0 aromatic heterocycles. The number of alkyl carbamates (subject to hydrolysis) is 1. The van der Waals surface area contributed by atoms with Gasteiger partial charge in [0, 0.05) is 12.1 Å². The summed E-state index contributed by atoms with van der Waals surface area (Å²) in [6.07, 6.45) is 1.34. The van der Waals surface area contributed by atoms with Crippen LogP contribution < -0.4 is 16.4 Å². The zero-order chi connectivity index (χ0) is 12.2. The molecule has 0 aliphatic carbocycles. The zero-order valence-corrected chi connectivity index (χ0v) is 10.4. The molecule has 16 heavy (non-hydrogen) atoms. The number of hydrogen-bond acceptors (Lipinski definition) is 4. The molecule has 0 unspecified atom stereocenters. The Morgan fingerprint density at radius 3 is 2.62 bits per heavy atom. The quantitative estimate of drug-likeness (QED) is 0.615. The van der Waals surface area contributed by atoms with Crippen LogP contribution in [0.15, 0.2) is 0 Å². The molecule has 5 nitrogen and oxygen atoms in total. The van der Waals surface area contributed by atoms with Gasteiger partial charge < -0.3 is 21.1 Å². The van der Waals surface area contributed by atoms with E-state index in [1.54, 1.807) is 0 Å². The Kier molecular flexibility index (Phi) is 4.56. The van der Waals surface area contributed by atoms with Gasteiger partial charge in [0.1, 0.15) is 5.60 Å². The fraction of sp³-hybridized carbons (Fsp3) is 0.909. The maximum absolute atomic E-state index is 11.6. The molecule has 1 saturated heterocycles. The molecule has 4 N–H and O–H groups in total. The molecule has 1 amide bonds. The summed E-state index contributed by atoms with van der Waals surface area (Å²) < 4.78 is 5.20. The van der Waals surface area contributed by atoms with E-state index in [0.717, 1.165) is 25.9 Å².